The second kappa shape index (κ2) is 11.3. The SMILES string of the molecule is Fc1c2oc3ccccc3c2cc2c1c1ccccc1n2-c1nc2ccccc2nc1-c1nc(-c2ccccc2)nc(-c2cccc3ccccc23)n1. The van der Waals surface area contributed by atoms with Crippen molar-refractivity contribution in [3.05, 3.63) is 157 Å². The molecule has 11 aromatic rings. The fraction of sp³-hybridized carbons (Fsp3) is 0. The monoisotopic (exact) mass is 684 g/mol. The zero-order valence-corrected chi connectivity index (χ0v) is 27.9. The minimum Gasteiger partial charge on any atom is -0.453 e. The summed E-state index contributed by atoms with van der Waals surface area (Å²) in [4.78, 5) is 25.8. The average molecular weight is 685 g/mol. The molecule has 0 spiro atoms. The molecule has 0 atom stereocenters. The molecular weight excluding hydrogens is 660 g/mol. The Morgan fingerprint density at radius 2 is 1.15 bits per heavy atom. The lowest BCUT2D eigenvalue weighted by Gasteiger charge is -2.14. The van der Waals surface area contributed by atoms with Gasteiger partial charge >= 0.3 is 0 Å². The molecular formula is C45H25FN6O. The van der Waals surface area contributed by atoms with E-state index in [1.54, 1.807) is 0 Å². The summed E-state index contributed by atoms with van der Waals surface area (Å²) in [5.74, 6) is 1.39. The maximum Gasteiger partial charge on any atom is 0.186 e. The van der Waals surface area contributed by atoms with Gasteiger partial charge in [-0.3, -0.25) is 4.57 Å². The van der Waals surface area contributed by atoms with E-state index in [1.165, 1.54) is 0 Å². The fourth-order valence-electron chi connectivity index (χ4n) is 7.51. The van der Waals surface area contributed by atoms with Crippen LogP contribution in [0.5, 0.6) is 0 Å². The highest BCUT2D eigenvalue weighted by Crippen LogP contribution is 2.42. The molecule has 4 aromatic heterocycles. The minimum atomic E-state index is -0.427. The number of rotatable bonds is 4. The predicted molar refractivity (Wildman–Crippen MR) is 208 cm³/mol. The molecule has 0 radical (unpaired) electrons. The summed E-state index contributed by atoms with van der Waals surface area (Å²) in [6.07, 6.45) is 0. The number of nitrogens with zero attached hydrogens (tertiary/aromatic N) is 6. The second-order valence-corrected chi connectivity index (χ2v) is 13.0. The van der Waals surface area contributed by atoms with E-state index in [9.17, 15) is 0 Å². The van der Waals surface area contributed by atoms with Crippen LogP contribution in [0.25, 0.3) is 106 Å². The van der Waals surface area contributed by atoms with Crippen LogP contribution in [0.2, 0.25) is 0 Å². The topological polar surface area (TPSA) is 82.5 Å². The number of furan rings is 1. The summed E-state index contributed by atoms with van der Waals surface area (Å²) >= 11 is 0. The molecule has 0 saturated carbocycles. The van der Waals surface area contributed by atoms with Gasteiger partial charge in [0.05, 0.1) is 22.1 Å². The van der Waals surface area contributed by atoms with Gasteiger partial charge in [0.1, 0.15) is 5.58 Å². The van der Waals surface area contributed by atoms with E-state index < -0.39 is 5.82 Å². The maximum absolute atomic E-state index is 16.9. The highest BCUT2D eigenvalue weighted by atomic mass is 19.1. The van der Waals surface area contributed by atoms with E-state index in [-0.39, 0.29) is 5.58 Å². The predicted octanol–water partition coefficient (Wildman–Crippen LogP) is 11.1. The summed E-state index contributed by atoms with van der Waals surface area (Å²) < 4.78 is 25.0. The molecule has 8 heteroatoms. The Kier molecular flexibility index (Phi) is 6.30. The first kappa shape index (κ1) is 29.4. The lowest BCUT2D eigenvalue weighted by atomic mass is 10.0. The molecule has 0 bridgehead atoms. The molecule has 0 saturated heterocycles. The van der Waals surface area contributed by atoms with Crippen LogP contribution in [0.3, 0.4) is 0 Å². The Balaban J connectivity index is 1.27. The highest BCUT2D eigenvalue weighted by Gasteiger charge is 2.26. The number of aromatic nitrogens is 6. The quantitative estimate of drug-likeness (QED) is 0.183. The van der Waals surface area contributed by atoms with Crippen molar-refractivity contribution in [2.75, 3.05) is 0 Å². The molecule has 0 fully saturated rings. The summed E-state index contributed by atoms with van der Waals surface area (Å²) in [5, 5.41) is 4.75. The normalized spacial score (nSPS) is 11.9. The van der Waals surface area contributed by atoms with Gasteiger partial charge in [-0.05, 0) is 41.1 Å². The summed E-state index contributed by atoms with van der Waals surface area (Å²) in [7, 11) is 0. The van der Waals surface area contributed by atoms with Crippen molar-refractivity contribution in [1.29, 1.82) is 0 Å². The first-order chi connectivity index (χ1) is 26.2. The maximum atomic E-state index is 16.9. The number of hydrogen-bond donors (Lipinski definition) is 0. The molecule has 0 aliphatic carbocycles. The van der Waals surface area contributed by atoms with Crippen LogP contribution in [0.4, 0.5) is 4.39 Å². The van der Waals surface area contributed by atoms with Crippen LogP contribution in [0, 0.1) is 5.82 Å². The van der Waals surface area contributed by atoms with Crippen molar-refractivity contribution in [2.45, 2.75) is 0 Å². The number of hydrogen-bond acceptors (Lipinski definition) is 6. The van der Waals surface area contributed by atoms with Gasteiger partial charge in [-0.2, -0.15) is 0 Å². The largest absolute Gasteiger partial charge is 0.453 e. The van der Waals surface area contributed by atoms with Crippen molar-refractivity contribution >= 4 is 65.6 Å². The Morgan fingerprint density at radius 1 is 0.491 bits per heavy atom. The lowest BCUT2D eigenvalue weighted by molar-refractivity contribution is 0.592. The van der Waals surface area contributed by atoms with Crippen LogP contribution >= 0.6 is 0 Å². The fourth-order valence-corrected chi connectivity index (χ4v) is 7.51. The van der Waals surface area contributed by atoms with Gasteiger partial charge in [0.25, 0.3) is 0 Å². The standard InChI is InChI=1S/C45H25FN6O/c46-39-38-31-19-6-10-23-35(31)52(36(38)25-32-29-18-7-11-24-37(29)53-41(32)39)45-40(47-33-21-8-9-22-34(33)48-45)44-50-42(27-14-2-1-3-15-27)49-43(51-44)30-20-12-16-26-13-4-5-17-28(26)30/h1-25H. The third-order valence-corrected chi connectivity index (χ3v) is 9.92. The van der Waals surface area contributed by atoms with Gasteiger partial charge in [-0.1, -0.05) is 121 Å². The van der Waals surface area contributed by atoms with Crippen molar-refractivity contribution in [1.82, 2.24) is 29.5 Å². The van der Waals surface area contributed by atoms with Crippen LogP contribution in [-0.4, -0.2) is 29.5 Å². The molecule has 0 unspecified atom stereocenters. The van der Waals surface area contributed by atoms with E-state index >= 15 is 4.39 Å². The molecule has 53 heavy (non-hydrogen) atoms. The first-order valence-corrected chi connectivity index (χ1v) is 17.3. The molecule has 248 valence electrons. The minimum absolute atomic E-state index is 0.219. The smallest absolute Gasteiger partial charge is 0.186 e. The molecule has 0 aliphatic heterocycles. The average Bonchev–Trinajstić information content (AvgIpc) is 3.76. The van der Waals surface area contributed by atoms with Gasteiger partial charge in [0.15, 0.2) is 40.4 Å². The Bertz CT molecular complexity index is 3260. The Morgan fingerprint density at radius 3 is 2.02 bits per heavy atom. The van der Waals surface area contributed by atoms with E-state index in [0.717, 1.165) is 38.2 Å². The number of benzene rings is 7. The van der Waals surface area contributed by atoms with Crippen LogP contribution in [0.1, 0.15) is 0 Å². The van der Waals surface area contributed by atoms with Gasteiger partial charge in [-0.25, -0.2) is 29.3 Å². The van der Waals surface area contributed by atoms with Gasteiger partial charge in [0.2, 0.25) is 0 Å². The van der Waals surface area contributed by atoms with Crippen molar-refractivity contribution in [2.24, 2.45) is 0 Å². The molecule has 11 rings (SSSR count). The van der Waals surface area contributed by atoms with E-state index in [1.807, 2.05) is 138 Å². The lowest BCUT2D eigenvalue weighted by Crippen LogP contribution is -2.07. The number of para-hydroxylation sites is 4. The summed E-state index contributed by atoms with van der Waals surface area (Å²) in [6.45, 7) is 0. The van der Waals surface area contributed by atoms with E-state index in [0.29, 0.717) is 61.9 Å². The molecule has 4 heterocycles. The van der Waals surface area contributed by atoms with Gasteiger partial charge in [-0.15, -0.1) is 0 Å². The van der Waals surface area contributed by atoms with Crippen molar-refractivity contribution < 1.29 is 8.81 Å². The molecule has 0 amide bonds. The van der Waals surface area contributed by atoms with Crippen molar-refractivity contribution in [3.63, 3.8) is 0 Å². The summed E-state index contributed by atoms with van der Waals surface area (Å²) in [6, 6.07) is 49.2. The molecule has 0 aliphatic rings. The van der Waals surface area contributed by atoms with E-state index in [4.69, 9.17) is 29.3 Å². The zero-order valence-electron chi connectivity index (χ0n) is 27.9. The highest BCUT2D eigenvalue weighted by molar-refractivity contribution is 6.17. The van der Waals surface area contributed by atoms with Gasteiger partial charge in [0, 0.05) is 32.7 Å². The molecule has 7 nitrogen and oxygen atoms in total. The van der Waals surface area contributed by atoms with Crippen LogP contribution in [-0.2, 0) is 0 Å². The molecule has 0 N–H and O–H groups in total. The molecule has 7 aromatic carbocycles. The second-order valence-electron chi connectivity index (χ2n) is 13.0. The summed E-state index contributed by atoms with van der Waals surface area (Å²) in [5.41, 5.74) is 5.72. The third-order valence-electron chi connectivity index (χ3n) is 9.92. The van der Waals surface area contributed by atoms with Gasteiger partial charge < -0.3 is 4.42 Å². The van der Waals surface area contributed by atoms with Crippen molar-refractivity contribution in [3.8, 4) is 40.1 Å². The first-order valence-electron chi connectivity index (χ1n) is 17.3. The Labute approximate surface area is 300 Å². The van der Waals surface area contributed by atoms with Crippen LogP contribution < -0.4 is 0 Å². The number of fused-ring (bicyclic) bond motifs is 8. The number of halogens is 1. The zero-order chi connectivity index (χ0) is 35.0. The van der Waals surface area contributed by atoms with E-state index in [2.05, 4.69) is 18.2 Å². The van der Waals surface area contributed by atoms with Crippen LogP contribution in [0.15, 0.2) is 156 Å². The third kappa shape index (κ3) is 4.49. The Hall–Kier alpha value is -7.32.